The summed E-state index contributed by atoms with van der Waals surface area (Å²) in [7, 11) is 0. The lowest BCUT2D eigenvalue weighted by molar-refractivity contribution is -0.241. The zero-order chi connectivity index (χ0) is 19.9. The lowest BCUT2D eigenvalue weighted by Gasteiger charge is -2.66. The van der Waals surface area contributed by atoms with Crippen LogP contribution in [0, 0.1) is 34.0 Å². The predicted octanol–water partition coefficient (Wildman–Crippen LogP) is 2.64. The molecule has 5 nitrogen and oxygen atoms in total. The summed E-state index contributed by atoms with van der Waals surface area (Å²) in [4.78, 5) is 24.8. The first-order valence-electron chi connectivity index (χ1n) is 10.2. The van der Waals surface area contributed by atoms with Gasteiger partial charge in [-0.15, -0.1) is 0 Å². The van der Waals surface area contributed by atoms with Crippen molar-refractivity contribution in [2.45, 2.75) is 78.1 Å². The second-order valence-electron chi connectivity index (χ2n) is 10.3. The Balaban J connectivity index is 1.79. The Morgan fingerprint density at radius 3 is 2.52 bits per heavy atom. The van der Waals surface area contributed by atoms with Gasteiger partial charge in [-0.3, -0.25) is 9.59 Å². The zero-order valence-corrected chi connectivity index (χ0v) is 16.8. The van der Waals surface area contributed by atoms with Crippen molar-refractivity contribution in [1.82, 2.24) is 0 Å². The molecule has 4 aliphatic rings. The van der Waals surface area contributed by atoms with Gasteiger partial charge in [-0.05, 0) is 54.9 Å². The van der Waals surface area contributed by atoms with Gasteiger partial charge in [-0.1, -0.05) is 27.4 Å². The van der Waals surface area contributed by atoms with Crippen LogP contribution in [-0.2, 0) is 14.3 Å². The monoisotopic (exact) mass is 376 g/mol. The molecule has 4 fully saturated rings. The smallest absolute Gasteiger partial charge is 0.302 e. The van der Waals surface area contributed by atoms with Gasteiger partial charge in [-0.25, -0.2) is 0 Å². The van der Waals surface area contributed by atoms with E-state index in [1.807, 2.05) is 0 Å². The van der Waals surface area contributed by atoms with Crippen molar-refractivity contribution < 1.29 is 24.5 Å². The molecule has 2 bridgehead atoms. The van der Waals surface area contributed by atoms with Crippen molar-refractivity contribution in [2.24, 2.45) is 34.0 Å². The molecule has 0 saturated heterocycles. The third-order valence-corrected chi connectivity index (χ3v) is 8.80. The maximum atomic E-state index is 13.2. The number of ketones is 1. The topological polar surface area (TPSA) is 83.8 Å². The first-order valence-corrected chi connectivity index (χ1v) is 10.2. The highest BCUT2D eigenvalue weighted by molar-refractivity contribution is 6.03. The number of hydrogen-bond donors (Lipinski definition) is 2. The maximum Gasteiger partial charge on any atom is 0.302 e. The Morgan fingerprint density at radius 2 is 1.89 bits per heavy atom. The average molecular weight is 376 g/mol. The van der Waals surface area contributed by atoms with Crippen LogP contribution in [0.4, 0.5) is 0 Å². The molecule has 0 aromatic rings. The normalized spacial score (nSPS) is 50.7. The molecular formula is C22H32O5. The van der Waals surface area contributed by atoms with E-state index < -0.39 is 17.6 Å². The third kappa shape index (κ3) is 2.24. The summed E-state index contributed by atoms with van der Waals surface area (Å²) < 4.78 is 5.63. The molecule has 0 amide bonds. The number of ether oxygens (including phenoxy) is 1. The van der Waals surface area contributed by atoms with Crippen LogP contribution in [0.25, 0.3) is 0 Å². The van der Waals surface area contributed by atoms with Gasteiger partial charge < -0.3 is 14.9 Å². The zero-order valence-electron chi connectivity index (χ0n) is 16.8. The molecule has 27 heavy (non-hydrogen) atoms. The largest absolute Gasteiger partial charge is 0.462 e. The lowest BCUT2D eigenvalue weighted by atomic mass is 9.39. The highest BCUT2D eigenvalue weighted by atomic mass is 16.5. The van der Waals surface area contributed by atoms with Crippen LogP contribution in [0.3, 0.4) is 0 Å². The molecule has 0 aromatic carbocycles. The second kappa shape index (κ2) is 5.66. The molecule has 0 unspecified atom stereocenters. The highest BCUT2D eigenvalue weighted by Crippen LogP contribution is 2.71. The van der Waals surface area contributed by atoms with E-state index in [-0.39, 0.29) is 46.4 Å². The molecule has 4 rings (SSSR count). The highest BCUT2D eigenvalue weighted by Gasteiger charge is 2.73. The van der Waals surface area contributed by atoms with E-state index in [2.05, 4.69) is 27.4 Å². The van der Waals surface area contributed by atoms with Gasteiger partial charge in [-0.2, -0.15) is 0 Å². The summed E-state index contributed by atoms with van der Waals surface area (Å²) in [5.74, 6) is -0.543. The van der Waals surface area contributed by atoms with Crippen molar-refractivity contribution in [1.29, 1.82) is 0 Å². The minimum absolute atomic E-state index is 0.0102. The molecule has 150 valence electrons. The molecule has 2 N–H and O–H groups in total. The maximum absolute atomic E-state index is 13.2. The Morgan fingerprint density at radius 1 is 1.22 bits per heavy atom. The summed E-state index contributed by atoms with van der Waals surface area (Å²) in [6.45, 7) is 11.8. The number of hydrogen-bond acceptors (Lipinski definition) is 5. The number of carbonyl (C=O) groups excluding carboxylic acids is 2. The van der Waals surface area contributed by atoms with Crippen molar-refractivity contribution in [2.75, 3.05) is 0 Å². The van der Waals surface area contributed by atoms with Crippen LogP contribution in [-0.4, -0.2) is 40.3 Å². The lowest BCUT2D eigenvalue weighted by Crippen LogP contribution is -2.68. The van der Waals surface area contributed by atoms with E-state index in [1.165, 1.54) is 6.92 Å². The van der Waals surface area contributed by atoms with Crippen LogP contribution in [0.1, 0.15) is 59.8 Å². The minimum Gasteiger partial charge on any atom is -0.462 e. The van der Waals surface area contributed by atoms with Gasteiger partial charge in [0, 0.05) is 18.3 Å². The summed E-state index contributed by atoms with van der Waals surface area (Å²) in [5, 5.41) is 22.4. The quantitative estimate of drug-likeness (QED) is 0.543. The molecule has 0 heterocycles. The van der Waals surface area contributed by atoms with Crippen LogP contribution in [0.5, 0.6) is 0 Å². The molecule has 4 aliphatic carbocycles. The molecule has 8 atom stereocenters. The van der Waals surface area contributed by atoms with E-state index in [0.717, 1.165) is 6.42 Å². The first-order chi connectivity index (χ1) is 12.5. The SMILES string of the molecule is C=C1C(=O)[C@]23C[C@H]1C[C@H](O)[C@H]2[C@]1(C)CC[C@H](OC(C)=O)C(C)(C)[C@H]1C[C@H]3O. The van der Waals surface area contributed by atoms with Crippen molar-refractivity contribution in [3.63, 3.8) is 0 Å². The molecular weight excluding hydrogens is 344 g/mol. The van der Waals surface area contributed by atoms with Gasteiger partial charge in [0.2, 0.25) is 0 Å². The fraction of sp³-hybridized carbons (Fsp3) is 0.818. The average Bonchev–Trinajstić information content (AvgIpc) is 2.75. The van der Waals surface area contributed by atoms with Crippen molar-refractivity contribution in [3.8, 4) is 0 Å². The van der Waals surface area contributed by atoms with E-state index in [1.54, 1.807) is 0 Å². The Kier molecular flexibility index (Phi) is 4.01. The minimum atomic E-state index is -0.894. The number of fused-ring (bicyclic) bond motifs is 3. The fourth-order valence-electron chi connectivity index (χ4n) is 7.75. The molecule has 0 aromatic heterocycles. The van der Waals surface area contributed by atoms with Crippen LogP contribution < -0.4 is 0 Å². The number of carbonyl (C=O) groups is 2. The number of allylic oxidation sites excluding steroid dienone is 1. The Hall–Kier alpha value is -1.20. The predicted molar refractivity (Wildman–Crippen MR) is 99.6 cm³/mol. The van der Waals surface area contributed by atoms with E-state index in [0.29, 0.717) is 31.3 Å². The first kappa shape index (κ1) is 19.1. The van der Waals surface area contributed by atoms with Gasteiger partial charge in [0.05, 0.1) is 17.6 Å². The van der Waals surface area contributed by atoms with E-state index in [9.17, 15) is 19.8 Å². The standard InChI is InChI=1S/C22H32O5/c1-11-13-8-14(24)18-21(5)7-6-17(27-12(2)23)20(3,4)15(21)9-16(25)22(18,10-13)19(11)26/h13-18,24-25H,1,6-10H2,2-5H3/t13-,14+,15-,16-,17+,18+,21-,22+/m1/s1. The van der Waals surface area contributed by atoms with Gasteiger partial charge in [0.15, 0.2) is 5.78 Å². The summed E-state index contributed by atoms with van der Waals surface area (Å²) in [6, 6.07) is 0. The van der Waals surface area contributed by atoms with Crippen LogP contribution in [0.2, 0.25) is 0 Å². The molecule has 1 spiro atoms. The summed E-state index contributed by atoms with van der Waals surface area (Å²) in [6.07, 6.45) is 1.54. The number of aliphatic hydroxyl groups excluding tert-OH is 2. The van der Waals surface area contributed by atoms with E-state index >= 15 is 0 Å². The van der Waals surface area contributed by atoms with E-state index in [4.69, 9.17) is 4.74 Å². The Labute approximate surface area is 161 Å². The summed E-state index contributed by atoms with van der Waals surface area (Å²) in [5.41, 5.74) is -0.930. The number of aliphatic hydroxyl groups is 2. The van der Waals surface area contributed by atoms with Crippen molar-refractivity contribution in [3.05, 3.63) is 12.2 Å². The molecule has 5 heteroatoms. The van der Waals surface area contributed by atoms with Crippen molar-refractivity contribution >= 4 is 11.8 Å². The second-order valence-corrected chi connectivity index (χ2v) is 10.3. The number of Topliss-reactive ketones (excluding diaryl/α,β-unsaturated/α-hetero) is 1. The van der Waals surface area contributed by atoms with Gasteiger partial charge in [0.1, 0.15) is 6.10 Å². The van der Waals surface area contributed by atoms with Crippen LogP contribution in [0.15, 0.2) is 12.2 Å². The molecule has 4 saturated carbocycles. The molecule has 0 aliphatic heterocycles. The van der Waals surface area contributed by atoms with Gasteiger partial charge in [0.25, 0.3) is 0 Å². The van der Waals surface area contributed by atoms with Gasteiger partial charge >= 0.3 is 5.97 Å². The summed E-state index contributed by atoms with van der Waals surface area (Å²) >= 11 is 0. The Bertz CT molecular complexity index is 711. The fourth-order valence-corrected chi connectivity index (χ4v) is 7.75. The third-order valence-electron chi connectivity index (χ3n) is 8.80. The molecule has 0 radical (unpaired) electrons. The number of esters is 1. The number of rotatable bonds is 1. The van der Waals surface area contributed by atoms with Crippen LogP contribution >= 0.6 is 0 Å².